The zero-order chi connectivity index (χ0) is 11.5. The Morgan fingerprint density at radius 1 is 1.25 bits per heavy atom. The highest BCUT2D eigenvalue weighted by Gasteiger charge is 2.22. The minimum absolute atomic E-state index is 0.637. The zero-order valence-electron chi connectivity index (χ0n) is 9.86. The van der Waals surface area contributed by atoms with Crippen molar-refractivity contribution in [3.63, 3.8) is 0 Å². The van der Waals surface area contributed by atoms with Gasteiger partial charge in [0.2, 0.25) is 0 Å². The highest BCUT2D eigenvalue weighted by molar-refractivity contribution is 9.10. The van der Waals surface area contributed by atoms with E-state index in [9.17, 15) is 0 Å². The van der Waals surface area contributed by atoms with Crippen LogP contribution in [0, 0.1) is 5.92 Å². The van der Waals surface area contributed by atoms with E-state index in [1.165, 1.54) is 25.7 Å². The average molecular weight is 284 g/mol. The summed E-state index contributed by atoms with van der Waals surface area (Å²) in [5.41, 5.74) is 0. The van der Waals surface area contributed by atoms with Crippen molar-refractivity contribution in [1.82, 2.24) is 9.97 Å². The Bertz CT molecular complexity index is 348. The van der Waals surface area contributed by atoms with Gasteiger partial charge in [-0.3, -0.25) is 0 Å². The topological polar surface area (TPSA) is 29.0 Å². The standard InChI is InChI=1S/C12H18BrN3/c1-9-3-5-10(6-4-9)16(2)12-7-11(13)14-8-15-12/h7-10H,3-6H2,1-2H3. The van der Waals surface area contributed by atoms with Crippen LogP contribution in [0.1, 0.15) is 32.6 Å². The molecule has 0 aliphatic heterocycles. The molecule has 1 aliphatic carbocycles. The minimum atomic E-state index is 0.637. The van der Waals surface area contributed by atoms with Crippen molar-refractivity contribution in [3.8, 4) is 0 Å². The Hall–Kier alpha value is -0.640. The van der Waals surface area contributed by atoms with E-state index in [-0.39, 0.29) is 0 Å². The van der Waals surface area contributed by atoms with Crippen molar-refractivity contribution in [2.75, 3.05) is 11.9 Å². The molecule has 1 aromatic rings. The Morgan fingerprint density at radius 2 is 1.94 bits per heavy atom. The fourth-order valence-corrected chi connectivity index (χ4v) is 2.63. The molecule has 3 nitrogen and oxygen atoms in total. The lowest BCUT2D eigenvalue weighted by Crippen LogP contribution is -2.35. The van der Waals surface area contributed by atoms with Gasteiger partial charge in [0.1, 0.15) is 16.7 Å². The summed E-state index contributed by atoms with van der Waals surface area (Å²) >= 11 is 3.39. The predicted octanol–water partition coefficient (Wildman–Crippen LogP) is 3.25. The van der Waals surface area contributed by atoms with Crippen molar-refractivity contribution in [2.24, 2.45) is 5.92 Å². The molecule has 0 amide bonds. The summed E-state index contributed by atoms with van der Waals surface area (Å²) in [7, 11) is 2.13. The Labute approximate surface area is 105 Å². The Morgan fingerprint density at radius 3 is 2.56 bits per heavy atom. The fraction of sp³-hybridized carbons (Fsp3) is 0.667. The lowest BCUT2D eigenvalue weighted by Gasteiger charge is -2.34. The molecule has 0 aromatic carbocycles. The molecule has 88 valence electrons. The van der Waals surface area contributed by atoms with Gasteiger partial charge >= 0.3 is 0 Å². The molecular weight excluding hydrogens is 266 g/mol. The molecule has 4 heteroatoms. The third-order valence-corrected chi connectivity index (χ3v) is 3.95. The first-order valence-corrected chi connectivity index (χ1v) is 6.66. The van der Waals surface area contributed by atoms with Gasteiger partial charge in [-0.25, -0.2) is 9.97 Å². The van der Waals surface area contributed by atoms with Crippen LogP contribution >= 0.6 is 15.9 Å². The Kier molecular flexibility index (Phi) is 3.79. The molecule has 1 fully saturated rings. The number of halogens is 1. The highest BCUT2D eigenvalue weighted by Crippen LogP contribution is 2.28. The van der Waals surface area contributed by atoms with Crippen LogP contribution in [0.25, 0.3) is 0 Å². The first-order valence-electron chi connectivity index (χ1n) is 5.87. The van der Waals surface area contributed by atoms with E-state index >= 15 is 0 Å². The molecule has 0 saturated heterocycles. The third-order valence-electron chi connectivity index (χ3n) is 3.51. The third kappa shape index (κ3) is 2.73. The van der Waals surface area contributed by atoms with E-state index < -0.39 is 0 Å². The molecular formula is C12H18BrN3. The fourth-order valence-electron chi connectivity index (χ4n) is 2.33. The summed E-state index contributed by atoms with van der Waals surface area (Å²) in [4.78, 5) is 10.7. The summed E-state index contributed by atoms with van der Waals surface area (Å²) in [5.74, 6) is 1.91. The van der Waals surface area contributed by atoms with Crippen molar-refractivity contribution >= 4 is 21.7 Å². The molecule has 0 unspecified atom stereocenters. The van der Waals surface area contributed by atoms with Gasteiger partial charge < -0.3 is 4.90 Å². The maximum absolute atomic E-state index is 4.32. The van der Waals surface area contributed by atoms with Gasteiger partial charge in [0.25, 0.3) is 0 Å². The number of aromatic nitrogens is 2. The maximum atomic E-state index is 4.32. The van der Waals surface area contributed by atoms with Gasteiger partial charge in [0.05, 0.1) is 0 Å². The monoisotopic (exact) mass is 283 g/mol. The smallest absolute Gasteiger partial charge is 0.133 e. The largest absolute Gasteiger partial charge is 0.357 e. The molecule has 1 aliphatic rings. The average Bonchev–Trinajstić information content (AvgIpc) is 2.29. The van der Waals surface area contributed by atoms with Crippen LogP contribution in [-0.2, 0) is 0 Å². The predicted molar refractivity (Wildman–Crippen MR) is 69.6 cm³/mol. The summed E-state index contributed by atoms with van der Waals surface area (Å²) in [6.45, 7) is 2.34. The summed E-state index contributed by atoms with van der Waals surface area (Å²) in [6, 6.07) is 2.62. The maximum Gasteiger partial charge on any atom is 0.133 e. The summed E-state index contributed by atoms with van der Waals surface area (Å²) in [6.07, 6.45) is 6.84. The first-order chi connectivity index (χ1) is 7.66. The highest BCUT2D eigenvalue weighted by atomic mass is 79.9. The van der Waals surface area contributed by atoms with Crippen LogP contribution in [0.2, 0.25) is 0 Å². The summed E-state index contributed by atoms with van der Waals surface area (Å²) in [5, 5.41) is 0. The van der Waals surface area contributed by atoms with E-state index in [2.05, 4.69) is 44.8 Å². The van der Waals surface area contributed by atoms with E-state index in [1.807, 2.05) is 6.07 Å². The molecule has 2 rings (SSSR count). The number of anilines is 1. The molecule has 0 bridgehead atoms. The number of rotatable bonds is 2. The van der Waals surface area contributed by atoms with Gasteiger partial charge in [-0.05, 0) is 47.5 Å². The van der Waals surface area contributed by atoms with E-state index in [1.54, 1.807) is 6.33 Å². The normalized spacial score (nSPS) is 25.4. The SMILES string of the molecule is CC1CCC(N(C)c2cc(Br)ncn2)CC1. The quantitative estimate of drug-likeness (QED) is 0.781. The van der Waals surface area contributed by atoms with Crippen LogP contribution in [-0.4, -0.2) is 23.1 Å². The molecule has 1 heterocycles. The molecule has 0 atom stereocenters. The van der Waals surface area contributed by atoms with Gasteiger partial charge in [0.15, 0.2) is 0 Å². The van der Waals surface area contributed by atoms with Crippen LogP contribution in [0.3, 0.4) is 0 Å². The van der Waals surface area contributed by atoms with Gasteiger partial charge in [0, 0.05) is 19.2 Å². The number of hydrogen-bond donors (Lipinski definition) is 0. The second-order valence-corrected chi connectivity index (χ2v) is 5.54. The van der Waals surface area contributed by atoms with E-state index in [0.29, 0.717) is 6.04 Å². The van der Waals surface area contributed by atoms with Crippen LogP contribution < -0.4 is 4.90 Å². The lowest BCUT2D eigenvalue weighted by molar-refractivity contribution is 0.340. The number of nitrogens with zero attached hydrogens (tertiary/aromatic N) is 3. The van der Waals surface area contributed by atoms with Crippen LogP contribution in [0.4, 0.5) is 5.82 Å². The first kappa shape index (κ1) is 11.8. The molecule has 0 spiro atoms. The van der Waals surface area contributed by atoms with Crippen molar-refractivity contribution in [2.45, 2.75) is 38.6 Å². The molecule has 16 heavy (non-hydrogen) atoms. The second kappa shape index (κ2) is 5.13. The van der Waals surface area contributed by atoms with Crippen LogP contribution in [0.15, 0.2) is 17.0 Å². The second-order valence-electron chi connectivity index (χ2n) is 4.72. The van der Waals surface area contributed by atoms with E-state index in [4.69, 9.17) is 0 Å². The molecule has 1 saturated carbocycles. The van der Waals surface area contributed by atoms with E-state index in [0.717, 1.165) is 16.3 Å². The zero-order valence-corrected chi connectivity index (χ0v) is 11.4. The van der Waals surface area contributed by atoms with Gasteiger partial charge in [-0.1, -0.05) is 6.92 Å². The molecule has 0 radical (unpaired) electrons. The van der Waals surface area contributed by atoms with Crippen LogP contribution in [0.5, 0.6) is 0 Å². The summed E-state index contributed by atoms with van der Waals surface area (Å²) < 4.78 is 0.855. The van der Waals surface area contributed by atoms with Gasteiger partial charge in [-0.2, -0.15) is 0 Å². The van der Waals surface area contributed by atoms with Crippen molar-refractivity contribution in [1.29, 1.82) is 0 Å². The minimum Gasteiger partial charge on any atom is -0.357 e. The van der Waals surface area contributed by atoms with Gasteiger partial charge in [-0.15, -0.1) is 0 Å². The lowest BCUT2D eigenvalue weighted by atomic mass is 9.87. The number of hydrogen-bond acceptors (Lipinski definition) is 3. The Balaban J connectivity index is 2.04. The molecule has 1 aromatic heterocycles. The molecule has 0 N–H and O–H groups in total. The van der Waals surface area contributed by atoms with Crippen molar-refractivity contribution in [3.05, 3.63) is 17.0 Å². The van der Waals surface area contributed by atoms with Crippen molar-refractivity contribution < 1.29 is 0 Å².